The first kappa shape index (κ1) is 16.1. The van der Waals surface area contributed by atoms with Gasteiger partial charge in [-0.15, -0.1) is 0 Å². The second kappa shape index (κ2) is 8.24. The van der Waals surface area contributed by atoms with Crippen molar-refractivity contribution in [1.82, 2.24) is 5.32 Å². The Morgan fingerprint density at radius 3 is 2.68 bits per heavy atom. The predicted molar refractivity (Wildman–Crippen MR) is 85.5 cm³/mol. The third-order valence-electron chi connectivity index (χ3n) is 3.40. The highest BCUT2D eigenvalue weighted by atomic mass is 16.3. The molecule has 0 bridgehead atoms. The fourth-order valence-corrected chi connectivity index (χ4v) is 2.11. The monoisotopic (exact) mass is 302 g/mol. The number of hydrogen-bond acceptors (Lipinski definition) is 4. The summed E-state index contributed by atoms with van der Waals surface area (Å²) in [6.07, 6.45) is 1.77. The van der Waals surface area contributed by atoms with E-state index in [1.165, 1.54) is 0 Å². The summed E-state index contributed by atoms with van der Waals surface area (Å²) in [5.41, 5.74) is 0.920. The first-order chi connectivity index (χ1) is 10.7. The van der Waals surface area contributed by atoms with Gasteiger partial charge < -0.3 is 19.7 Å². The number of amides is 1. The lowest BCUT2D eigenvalue weighted by molar-refractivity contribution is -0.120. The largest absolute Gasteiger partial charge is 0.467 e. The number of anilines is 1. The summed E-state index contributed by atoms with van der Waals surface area (Å²) < 4.78 is 5.19. The average Bonchev–Trinajstić information content (AvgIpc) is 3.06. The number of carbonyl (C=O) groups is 1. The second-order valence-electron chi connectivity index (χ2n) is 5.13. The number of hydrogen-bond donors (Lipinski definition) is 2. The van der Waals surface area contributed by atoms with Crippen LogP contribution in [0.25, 0.3) is 0 Å². The summed E-state index contributed by atoms with van der Waals surface area (Å²) in [7, 11) is 0. The maximum absolute atomic E-state index is 12.1. The van der Waals surface area contributed by atoms with Gasteiger partial charge in [0.25, 0.3) is 0 Å². The first-order valence-electron chi connectivity index (χ1n) is 7.46. The molecule has 2 rings (SSSR count). The fraction of sp³-hybridized carbons (Fsp3) is 0.353. The summed E-state index contributed by atoms with van der Waals surface area (Å²) in [6.45, 7) is 2.91. The Balaban J connectivity index is 1.94. The lowest BCUT2D eigenvalue weighted by Gasteiger charge is -2.26. The summed E-state index contributed by atoms with van der Waals surface area (Å²) >= 11 is 0. The highest BCUT2D eigenvalue weighted by Crippen LogP contribution is 2.14. The molecule has 2 aromatic rings. The van der Waals surface area contributed by atoms with Gasteiger partial charge in [0.05, 0.1) is 25.5 Å². The zero-order chi connectivity index (χ0) is 15.8. The number of nitrogens with one attached hydrogen (secondary N) is 1. The highest BCUT2D eigenvalue weighted by molar-refractivity contribution is 5.81. The van der Waals surface area contributed by atoms with Crippen LogP contribution in [0.15, 0.2) is 53.1 Å². The number of aliphatic hydroxyl groups is 1. The molecular weight excluding hydrogens is 280 g/mol. The van der Waals surface area contributed by atoms with Crippen LogP contribution in [-0.2, 0) is 11.3 Å². The van der Waals surface area contributed by atoms with Crippen LogP contribution in [-0.4, -0.2) is 30.2 Å². The van der Waals surface area contributed by atoms with Crippen molar-refractivity contribution in [2.45, 2.75) is 26.0 Å². The Labute approximate surface area is 130 Å². The molecule has 118 valence electrons. The minimum Gasteiger partial charge on any atom is -0.467 e. The molecule has 5 heteroatoms. The SMILES string of the molecule is CCC(O)CN(CC(=O)NCc1ccco1)c1ccccc1. The van der Waals surface area contributed by atoms with E-state index in [0.717, 1.165) is 5.69 Å². The number of para-hydroxylation sites is 1. The molecule has 5 nitrogen and oxygen atoms in total. The van der Waals surface area contributed by atoms with Gasteiger partial charge >= 0.3 is 0 Å². The van der Waals surface area contributed by atoms with E-state index in [1.54, 1.807) is 12.3 Å². The number of rotatable bonds is 8. The van der Waals surface area contributed by atoms with Crippen molar-refractivity contribution in [2.24, 2.45) is 0 Å². The number of aliphatic hydroxyl groups excluding tert-OH is 1. The summed E-state index contributed by atoms with van der Waals surface area (Å²) in [4.78, 5) is 14.0. The molecule has 1 aromatic heterocycles. The van der Waals surface area contributed by atoms with Gasteiger partial charge in [-0.3, -0.25) is 4.79 Å². The molecule has 1 atom stereocenters. The Morgan fingerprint density at radius 1 is 1.27 bits per heavy atom. The second-order valence-corrected chi connectivity index (χ2v) is 5.13. The normalized spacial score (nSPS) is 11.9. The Hall–Kier alpha value is -2.27. The number of nitrogens with zero attached hydrogens (tertiary/aromatic N) is 1. The molecule has 0 aliphatic rings. The van der Waals surface area contributed by atoms with Crippen molar-refractivity contribution >= 4 is 11.6 Å². The quantitative estimate of drug-likeness (QED) is 0.784. The molecular formula is C17H22N2O3. The van der Waals surface area contributed by atoms with E-state index < -0.39 is 6.10 Å². The van der Waals surface area contributed by atoms with Gasteiger partial charge in [0.1, 0.15) is 5.76 Å². The van der Waals surface area contributed by atoms with Crippen molar-refractivity contribution in [1.29, 1.82) is 0 Å². The zero-order valence-electron chi connectivity index (χ0n) is 12.7. The van der Waals surface area contributed by atoms with Crippen molar-refractivity contribution in [3.63, 3.8) is 0 Å². The van der Waals surface area contributed by atoms with Gasteiger partial charge in [0.15, 0.2) is 0 Å². The summed E-state index contributed by atoms with van der Waals surface area (Å²) in [5, 5.41) is 12.7. The van der Waals surface area contributed by atoms with Gasteiger partial charge in [-0.25, -0.2) is 0 Å². The van der Waals surface area contributed by atoms with Crippen LogP contribution in [0.5, 0.6) is 0 Å². The molecule has 0 aliphatic carbocycles. The number of carbonyl (C=O) groups excluding carboxylic acids is 1. The minimum absolute atomic E-state index is 0.108. The van der Waals surface area contributed by atoms with Crippen molar-refractivity contribution in [3.05, 3.63) is 54.5 Å². The predicted octanol–water partition coefficient (Wildman–Crippen LogP) is 2.17. The smallest absolute Gasteiger partial charge is 0.239 e. The third kappa shape index (κ3) is 4.93. The van der Waals surface area contributed by atoms with E-state index in [1.807, 2.05) is 48.2 Å². The maximum atomic E-state index is 12.1. The van der Waals surface area contributed by atoms with Crippen LogP contribution in [0.4, 0.5) is 5.69 Å². The van der Waals surface area contributed by atoms with Crippen molar-refractivity contribution in [3.8, 4) is 0 Å². The van der Waals surface area contributed by atoms with Gasteiger partial charge in [-0.2, -0.15) is 0 Å². The molecule has 22 heavy (non-hydrogen) atoms. The Bertz CT molecular complexity index is 555. The van der Waals surface area contributed by atoms with Crippen LogP contribution >= 0.6 is 0 Å². The molecule has 1 aromatic carbocycles. The summed E-state index contributed by atoms with van der Waals surface area (Å²) in [5.74, 6) is 0.608. The number of benzene rings is 1. The summed E-state index contributed by atoms with van der Waals surface area (Å²) in [6, 6.07) is 13.2. The fourth-order valence-electron chi connectivity index (χ4n) is 2.11. The molecule has 0 spiro atoms. The van der Waals surface area contributed by atoms with Crippen LogP contribution in [0.1, 0.15) is 19.1 Å². The first-order valence-corrected chi connectivity index (χ1v) is 7.46. The lowest BCUT2D eigenvalue weighted by atomic mass is 10.2. The van der Waals surface area contributed by atoms with E-state index in [4.69, 9.17) is 4.42 Å². The number of furan rings is 1. The van der Waals surface area contributed by atoms with Crippen LogP contribution < -0.4 is 10.2 Å². The lowest BCUT2D eigenvalue weighted by Crippen LogP contribution is -2.40. The maximum Gasteiger partial charge on any atom is 0.239 e. The molecule has 1 heterocycles. The third-order valence-corrected chi connectivity index (χ3v) is 3.40. The molecule has 2 N–H and O–H groups in total. The van der Waals surface area contributed by atoms with E-state index in [9.17, 15) is 9.90 Å². The molecule has 0 radical (unpaired) electrons. The standard InChI is InChI=1S/C17H22N2O3/c1-2-15(20)12-19(14-7-4-3-5-8-14)13-17(21)18-11-16-9-6-10-22-16/h3-10,15,20H,2,11-13H2,1H3,(H,18,21). The molecule has 0 saturated carbocycles. The van der Waals surface area contributed by atoms with Crippen LogP contribution in [0, 0.1) is 0 Å². The van der Waals surface area contributed by atoms with E-state index in [-0.39, 0.29) is 12.5 Å². The minimum atomic E-state index is -0.460. The van der Waals surface area contributed by atoms with Crippen LogP contribution in [0.3, 0.4) is 0 Å². The van der Waals surface area contributed by atoms with Gasteiger partial charge in [0, 0.05) is 12.2 Å². The van der Waals surface area contributed by atoms with Crippen molar-refractivity contribution in [2.75, 3.05) is 18.0 Å². The molecule has 1 amide bonds. The van der Waals surface area contributed by atoms with E-state index in [0.29, 0.717) is 25.3 Å². The Kier molecular flexibility index (Phi) is 6.03. The average molecular weight is 302 g/mol. The van der Waals surface area contributed by atoms with Gasteiger partial charge in [-0.05, 0) is 30.7 Å². The zero-order valence-corrected chi connectivity index (χ0v) is 12.7. The van der Waals surface area contributed by atoms with Crippen LogP contribution in [0.2, 0.25) is 0 Å². The van der Waals surface area contributed by atoms with Gasteiger partial charge in [-0.1, -0.05) is 25.1 Å². The molecule has 0 saturated heterocycles. The highest BCUT2D eigenvalue weighted by Gasteiger charge is 2.15. The molecule has 0 aliphatic heterocycles. The topological polar surface area (TPSA) is 65.7 Å². The Morgan fingerprint density at radius 2 is 2.05 bits per heavy atom. The molecule has 0 fully saturated rings. The molecule has 1 unspecified atom stereocenters. The van der Waals surface area contributed by atoms with Crippen molar-refractivity contribution < 1.29 is 14.3 Å². The van der Waals surface area contributed by atoms with E-state index in [2.05, 4.69) is 5.32 Å². The van der Waals surface area contributed by atoms with Gasteiger partial charge in [0.2, 0.25) is 5.91 Å². The van der Waals surface area contributed by atoms with E-state index >= 15 is 0 Å².